The summed E-state index contributed by atoms with van der Waals surface area (Å²) in [5.41, 5.74) is 1.33. The van der Waals surface area contributed by atoms with Crippen molar-refractivity contribution in [2.75, 3.05) is 18.4 Å². The molecule has 3 rings (SSSR count). The first-order valence-electron chi connectivity index (χ1n) is 10.4. The first-order chi connectivity index (χ1) is 14.6. The van der Waals surface area contributed by atoms with Gasteiger partial charge >= 0.3 is 0 Å². The van der Waals surface area contributed by atoms with Crippen LogP contribution in [0.1, 0.15) is 43.1 Å². The second kappa shape index (κ2) is 9.29. The maximum Gasteiger partial charge on any atom is 0.253 e. The van der Waals surface area contributed by atoms with Gasteiger partial charge in [-0.1, -0.05) is 24.3 Å². The van der Waals surface area contributed by atoms with Crippen molar-refractivity contribution in [2.45, 2.75) is 39.2 Å². The van der Waals surface area contributed by atoms with Gasteiger partial charge in [0.1, 0.15) is 5.82 Å². The van der Waals surface area contributed by atoms with Crippen LogP contribution in [0.2, 0.25) is 0 Å². The lowest BCUT2D eigenvalue weighted by Crippen LogP contribution is -2.41. The molecule has 0 spiro atoms. The summed E-state index contributed by atoms with van der Waals surface area (Å²) in [6, 6.07) is 13.0. The van der Waals surface area contributed by atoms with E-state index in [9.17, 15) is 18.8 Å². The van der Waals surface area contributed by atoms with Gasteiger partial charge in [-0.15, -0.1) is 0 Å². The standard InChI is InChI=1S/C24H28FN3O3/c1-24(2,3)27-23(31)19-6-4-5-7-20(19)26-22(30)17-14-21(29)28(15-17)13-12-16-8-10-18(25)11-9-16/h4-11,17H,12-15H2,1-3H3,(H,26,30)(H,27,31)/t17-/m1/s1. The van der Waals surface area contributed by atoms with Gasteiger partial charge in [-0.25, -0.2) is 4.39 Å². The lowest BCUT2D eigenvalue weighted by Gasteiger charge is -2.22. The van der Waals surface area contributed by atoms with Crippen molar-refractivity contribution in [3.05, 3.63) is 65.5 Å². The minimum Gasteiger partial charge on any atom is -0.347 e. The number of amides is 3. The number of anilines is 1. The molecule has 2 aromatic carbocycles. The first kappa shape index (κ1) is 22.5. The van der Waals surface area contributed by atoms with E-state index < -0.39 is 11.5 Å². The Balaban J connectivity index is 1.61. The number of rotatable bonds is 6. The molecular formula is C24H28FN3O3. The number of carbonyl (C=O) groups is 3. The fourth-order valence-electron chi connectivity index (χ4n) is 3.51. The second-order valence-electron chi connectivity index (χ2n) is 8.86. The molecule has 0 saturated carbocycles. The third kappa shape index (κ3) is 6.13. The number of nitrogens with zero attached hydrogens (tertiary/aromatic N) is 1. The van der Waals surface area contributed by atoms with Crippen LogP contribution in [0.25, 0.3) is 0 Å². The molecule has 0 unspecified atom stereocenters. The average molecular weight is 426 g/mol. The van der Waals surface area contributed by atoms with Gasteiger partial charge in [0.25, 0.3) is 5.91 Å². The zero-order valence-electron chi connectivity index (χ0n) is 18.1. The van der Waals surface area contributed by atoms with Crippen molar-refractivity contribution in [1.29, 1.82) is 0 Å². The quantitative estimate of drug-likeness (QED) is 0.745. The van der Waals surface area contributed by atoms with Crippen LogP contribution in [0.5, 0.6) is 0 Å². The fourth-order valence-corrected chi connectivity index (χ4v) is 3.51. The highest BCUT2D eigenvalue weighted by molar-refractivity contribution is 6.05. The predicted octanol–water partition coefficient (Wildman–Crippen LogP) is 3.38. The minimum atomic E-state index is -0.487. The van der Waals surface area contributed by atoms with Crippen molar-refractivity contribution >= 4 is 23.4 Å². The van der Waals surface area contributed by atoms with E-state index in [0.29, 0.717) is 30.8 Å². The lowest BCUT2D eigenvalue weighted by molar-refractivity contribution is -0.128. The summed E-state index contributed by atoms with van der Waals surface area (Å²) in [4.78, 5) is 39.4. The van der Waals surface area contributed by atoms with Gasteiger partial charge in [0, 0.05) is 25.0 Å². The Kier molecular flexibility index (Phi) is 6.73. The van der Waals surface area contributed by atoms with E-state index in [1.54, 1.807) is 41.3 Å². The van der Waals surface area contributed by atoms with Crippen LogP contribution >= 0.6 is 0 Å². The maximum absolute atomic E-state index is 13.0. The average Bonchev–Trinajstić information content (AvgIpc) is 3.07. The number of hydrogen-bond acceptors (Lipinski definition) is 3. The van der Waals surface area contributed by atoms with Gasteiger partial charge in [0.15, 0.2) is 0 Å². The monoisotopic (exact) mass is 425 g/mol. The summed E-state index contributed by atoms with van der Waals surface area (Å²) in [7, 11) is 0. The van der Waals surface area contributed by atoms with Gasteiger partial charge in [-0.2, -0.15) is 0 Å². The third-order valence-electron chi connectivity index (χ3n) is 5.09. The van der Waals surface area contributed by atoms with Crippen LogP contribution in [-0.2, 0) is 16.0 Å². The van der Waals surface area contributed by atoms with Gasteiger partial charge < -0.3 is 15.5 Å². The predicted molar refractivity (Wildman–Crippen MR) is 117 cm³/mol. The van der Waals surface area contributed by atoms with E-state index in [2.05, 4.69) is 10.6 Å². The highest BCUT2D eigenvalue weighted by Crippen LogP contribution is 2.22. The number of hydrogen-bond donors (Lipinski definition) is 2. The van der Waals surface area contributed by atoms with Crippen LogP contribution in [-0.4, -0.2) is 41.2 Å². The van der Waals surface area contributed by atoms with Gasteiger partial charge in [-0.3, -0.25) is 14.4 Å². The molecule has 2 aromatic rings. The molecule has 1 atom stereocenters. The van der Waals surface area contributed by atoms with Gasteiger partial charge in [0.2, 0.25) is 11.8 Å². The zero-order valence-corrected chi connectivity index (χ0v) is 18.1. The number of benzene rings is 2. The first-order valence-corrected chi connectivity index (χ1v) is 10.4. The number of nitrogens with one attached hydrogen (secondary N) is 2. The molecule has 6 nitrogen and oxygen atoms in total. The lowest BCUT2D eigenvalue weighted by atomic mass is 10.1. The van der Waals surface area contributed by atoms with Crippen molar-refractivity contribution in [3.8, 4) is 0 Å². The molecule has 1 saturated heterocycles. The molecule has 3 amide bonds. The van der Waals surface area contributed by atoms with Crippen LogP contribution < -0.4 is 10.6 Å². The highest BCUT2D eigenvalue weighted by Gasteiger charge is 2.34. The van der Waals surface area contributed by atoms with Crippen molar-refractivity contribution < 1.29 is 18.8 Å². The van der Waals surface area contributed by atoms with Crippen LogP contribution in [0.3, 0.4) is 0 Å². The summed E-state index contributed by atoms with van der Waals surface area (Å²) < 4.78 is 13.0. The molecule has 164 valence electrons. The SMILES string of the molecule is CC(C)(C)NC(=O)c1ccccc1NC(=O)[C@@H]1CC(=O)N(CCc2ccc(F)cc2)C1. The fraction of sp³-hybridized carbons (Fsp3) is 0.375. The minimum absolute atomic E-state index is 0.0824. The van der Waals surface area contributed by atoms with Gasteiger partial charge in [-0.05, 0) is 57.0 Å². The molecule has 1 fully saturated rings. The van der Waals surface area contributed by atoms with Crippen molar-refractivity contribution in [2.24, 2.45) is 5.92 Å². The topological polar surface area (TPSA) is 78.5 Å². The molecule has 0 aromatic heterocycles. The van der Waals surface area contributed by atoms with Crippen LogP contribution in [0, 0.1) is 11.7 Å². The Morgan fingerprint density at radius 3 is 2.45 bits per heavy atom. The number of para-hydroxylation sites is 1. The summed E-state index contributed by atoms with van der Waals surface area (Å²) >= 11 is 0. The number of likely N-dealkylation sites (tertiary alicyclic amines) is 1. The largest absolute Gasteiger partial charge is 0.347 e. The maximum atomic E-state index is 13.0. The van der Waals surface area contributed by atoms with Crippen LogP contribution in [0.4, 0.5) is 10.1 Å². The smallest absolute Gasteiger partial charge is 0.253 e. The van der Waals surface area contributed by atoms with Crippen LogP contribution in [0.15, 0.2) is 48.5 Å². The molecule has 1 heterocycles. The Morgan fingerprint density at radius 1 is 1.10 bits per heavy atom. The van der Waals surface area contributed by atoms with E-state index in [1.807, 2.05) is 20.8 Å². The summed E-state index contributed by atoms with van der Waals surface area (Å²) in [6.45, 7) is 6.45. The molecule has 1 aliphatic rings. The van der Waals surface area contributed by atoms with E-state index in [-0.39, 0.29) is 30.0 Å². The molecule has 0 aliphatic carbocycles. The molecule has 0 radical (unpaired) electrons. The molecule has 31 heavy (non-hydrogen) atoms. The zero-order chi connectivity index (χ0) is 22.6. The van der Waals surface area contributed by atoms with E-state index in [0.717, 1.165) is 5.56 Å². The van der Waals surface area contributed by atoms with Gasteiger partial charge in [0.05, 0.1) is 17.2 Å². The van der Waals surface area contributed by atoms with Crippen molar-refractivity contribution in [3.63, 3.8) is 0 Å². The normalized spacial score (nSPS) is 16.3. The molecular weight excluding hydrogens is 397 g/mol. The summed E-state index contributed by atoms with van der Waals surface area (Å²) in [5, 5.41) is 5.71. The number of halogens is 1. The Bertz CT molecular complexity index is 967. The Labute approximate surface area is 181 Å². The van der Waals surface area contributed by atoms with E-state index >= 15 is 0 Å². The second-order valence-corrected chi connectivity index (χ2v) is 8.86. The molecule has 0 bridgehead atoms. The number of carbonyl (C=O) groups excluding carboxylic acids is 3. The molecule has 2 N–H and O–H groups in total. The Hall–Kier alpha value is -3.22. The van der Waals surface area contributed by atoms with E-state index in [4.69, 9.17) is 0 Å². The molecule has 1 aliphatic heterocycles. The summed E-state index contributed by atoms with van der Waals surface area (Å²) in [5.74, 6) is -1.42. The Morgan fingerprint density at radius 2 is 1.77 bits per heavy atom. The highest BCUT2D eigenvalue weighted by atomic mass is 19.1. The third-order valence-corrected chi connectivity index (χ3v) is 5.09. The van der Waals surface area contributed by atoms with Crippen molar-refractivity contribution in [1.82, 2.24) is 10.2 Å². The summed E-state index contributed by atoms with van der Waals surface area (Å²) in [6.07, 6.45) is 0.724. The molecule has 7 heteroatoms. The van der Waals surface area contributed by atoms with E-state index in [1.165, 1.54) is 12.1 Å².